The van der Waals surface area contributed by atoms with Gasteiger partial charge in [0.15, 0.2) is 0 Å². The van der Waals surface area contributed by atoms with E-state index in [0.717, 1.165) is 11.1 Å². The lowest BCUT2D eigenvalue weighted by atomic mass is 9.89. The van der Waals surface area contributed by atoms with Crippen molar-refractivity contribution in [2.75, 3.05) is 13.2 Å². The Balaban J connectivity index is 3.66. The second-order valence-electron chi connectivity index (χ2n) is 11.3. The molecular weight excluding hydrogens is 516 g/mol. The van der Waals surface area contributed by atoms with E-state index < -0.39 is 59.4 Å². The van der Waals surface area contributed by atoms with Crippen molar-refractivity contribution in [3.05, 3.63) is 34.9 Å². The maximum absolute atomic E-state index is 14.3. The van der Waals surface area contributed by atoms with Crippen LogP contribution in [0.3, 0.4) is 0 Å². The molecule has 40 heavy (non-hydrogen) atoms. The molecule has 2 atom stereocenters. The highest BCUT2D eigenvalue weighted by Crippen LogP contribution is 2.34. The second-order valence-corrected chi connectivity index (χ2v) is 11.3. The molecule has 11 nitrogen and oxygen atoms in total. The van der Waals surface area contributed by atoms with Crippen LogP contribution < -0.4 is 16.4 Å². The van der Waals surface area contributed by atoms with E-state index in [1.54, 1.807) is 53.7 Å². The van der Waals surface area contributed by atoms with Crippen LogP contribution in [0.15, 0.2) is 18.2 Å². The smallest absolute Gasteiger partial charge is 0.408 e. The molecule has 0 spiro atoms. The molecule has 224 valence electrons. The van der Waals surface area contributed by atoms with Crippen LogP contribution in [0.4, 0.5) is 4.79 Å². The highest BCUT2D eigenvalue weighted by Gasteiger charge is 2.44. The van der Waals surface area contributed by atoms with E-state index in [-0.39, 0.29) is 19.6 Å². The molecule has 1 aromatic carbocycles. The van der Waals surface area contributed by atoms with Gasteiger partial charge >= 0.3 is 12.1 Å². The first-order valence-corrected chi connectivity index (χ1v) is 13.6. The van der Waals surface area contributed by atoms with Crippen molar-refractivity contribution in [1.29, 1.82) is 0 Å². The molecule has 0 aromatic heterocycles. The molecule has 11 heteroatoms. The van der Waals surface area contributed by atoms with Crippen LogP contribution in [-0.2, 0) is 28.7 Å². The SMILES string of the molecule is CCOC(=O)CCNC(=O)C(c1cccc(C)c1C)N(C(=O)C(CC(N)=O)NC(=O)OC(C)(C)C)C(C)(C)CC. The molecule has 1 aromatic rings. The molecule has 4 amide bonds. The largest absolute Gasteiger partial charge is 0.466 e. The van der Waals surface area contributed by atoms with Gasteiger partial charge in [0.25, 0.3) is 0 Å². The Hall–Kier alpha value is -3.63. The standard InChI is InChI=1S/C29H46N4O7/c1-10-29(8,9)33(26(37)21(17-22(30)34)32-27(38)40-28(5,6)7)24(20-14-12-13-18(3)19(20)4)25(36)31-16-15-23(35)39-11-2/h12-14,21,24H,10-11,15-17H2,1-9H3,(H2,30,34)(H,31,36)(H,32,38). The maximum Gasteiger partial charge on any atom is 0.408 e. The maximum atomic E-state index is 14.3. The number of alkyl carbamates (subject to hydrolysis) is 1. The van der Waals surface area contributed by atoms with Crippen molar-refractivity contribution in [3.63, 3.8) is 0 Å². The minimum atomic E-state index is -1.39. The molecule has 0 aliphatic carbocycles. The summed E-state index contributed by atoms with van der Waals surface area (Å²) in [5.41, 5.74) is 5.96. The lowest BCUT2D eigenvalue weighted by Crippen LogP contribution is -2.60. The number of ether oxygens (including phenoxy) is 2. The molecule has 0 saturated heterocycles. The fourth-order valence-corrected chi connectivity index (χ4v) is 4.05. The summed E-state index contributed by atoms with van der Waals surface area (Å²) >= 11 is 0. The molecule has 0 aliphatic heterocycles. The van der Waals surface area contributed by atoms with Crippen molar-refractivity contribution < 1.29 is 33.4 Å². The van der Waals surface area contributed by atoms with Crippen LogP contribution in [-0.4, -0.2) is 65.0 Å². The quantitative estimate of drug-likeness (QED) is 0.312. The van der Waals surface area contributed by atoms with E-state index >= 15 is 0 Å². The number of primary amides is 1. The Labute approximate surface area is 237 Å². The van der Waals surface area contributed by atoms with Crippen molar-refractivity contribution >= 4 is 29.8 Å². The molecule has 0 heterocycles. The number of amides is 4. The predicted octanol–water partition coefficient (Wildman–Crippen LogP) is 3.20. The van der Waals surface area contributed by atoms with Crippen LogP contribution in [0.5, 0.6) is 0 Å². The van der Waals surface area contributed by atoms with E-state index in [1.165, 1.54) is 4.90 Å². The topological polar surface area (TPSA) is 157 Å². The van der Waals surface area contributed by atoms with Gasteiger partial charge in [-0.05, 0) is 78.5 Å². The molecule has 0 saturated carbocycles. The summed E-state index contributed by atoms with van der Waals surface area (Å²) in [6.07, 6.45) is -1.01. The summed E-state index contributed by atoms with van der Waals surface area (Å²) in [5, 5.41) is 5.24. The lowest BCUT2D eigenvalue weighted by molar-refractivity contribution is -0.150. The van der Waals surface area contributed by atoms with E-state index in [0.29, 0.717) is 12.0 Å². The number of esters is 1. The number of nitrogens with zero attached hydrogens (tertiary/aromatic N) is 1. The third kappa shape index (κ3) is 10.2. The van der Waals surface area contributed by atoms with Crippen molar-refractivity contribution in [2.24, 2.45) is 5.73 Å². The minimum Gasteiger partial charge on any atom is -0.466 e. The van der Waals surface area contributed by atoms with Gasteiger partial charge in [-0.3, -0.25) is 19.2 Å². The van der Waals surface area contributed by atoms with E-state index in [2.05, 4.69) is 10.6 Å². The van der Waals surface area contributed by atoms with Crippen LogP contribution in [0.2, 0.25) is 0 Å². The van der Waals surface area contributed by atoms with Crippen LogP contribution in [0, 0.1) is 13.8 Å². The summed E-state index contributed by atoms with van der Waals surface area (Å²) in [7, 11) is 0. The number of hydrogen-bond acceptors (Lipinski definition) is 7. The van der Waals surface area contributed by atoms with Crippen LogP contribution in [0.25, 0.3) is 0 Å². The summed E-state index contributed by atoms with van der Waals surface area (Å²) in [5.74, 6) is -2.48. The van der Waals surface area contributed by atoms with Crippen LogP contribution >= 0.6 is 0 Å². The number of aryl methyl sites for hydroxylation is 1. The van der Waals surface area contributed by atoms with Crippen molar-refractivity contribution in [1.82, 2.24) is 15.5 Å². The molecule has 2 unspecified atom stereocenters. The zero-order valence-corrected chi connectivity index (χ0v) is 25.3. The zero-order chi connectivity index (χ0) is 30.8. The Bertz CT molecular complexity index is 1080. The Morgan fingerprint density at radius 3 is 2.17 bits per heavy atom. The number of nitrogens with two attached hydrogens (primary N) is 1. The summed E-state index contributed by atoms with van der Waals surface area (Å²) in [6, 6.07) is 2.90. The third-order valence-corrected chi connectivity index (χ3v) is 6.53. The minimum absolute atomic E-state index is 0.00547. The molecule has 0 fully saturated rings. The number of carbonyl (C=O) groups excluding carboxylic acids is 5. The predicted molar refractivity (Wildman–Crippen MR) is 151 cm³/mol. The average Bonchev–Trinajstić information content (AvgIpc) is 2.82. The monoisotopic (exact) mass is 562 g/mol. The van der Waals surface area contributed by atoms with Gasteiger partial charge in [-0.15, -0.1) is 0 Å². The van der Waals surface area contributed by atoms with E-state index in [9.17, 15) is 24.0 Å². The van der Waals surface area contributed by atoms with Gasteiger partial charge in [-0.25, -0.2) is 4.79 Å². The van der Waals surface area contributed by atoms with Gasteiger partial charge in [-0.2, -0.15) is 0 Å². The summed E-state index contributed by atoms with van der Waals surface area (Å²) in [4.78, 5) is 66.0. The second kappa shape index (κ2) is 14.7. The average molecular weight is 563 g/mol. The summed E-state index contributed by atoms with van der Waals surface area (Å²) < 4.78 is 10.3. The normalized spacial score (nSPS) is 13.0. The highest BCUT2D eigenvalue weighted by atomic mass is 16.6. The fraction of sp³-hybridized carbons (Fsp3) is 0.621. The van der Waals surface area contributed by atoms with Gasteiger partial charge in [-0.1, -0.05) is 25.1 Å². The first kappa shape index (κ1) is 34.4. The molecule has 0 aliphatic rings. The van der Waals surface area contributed by atoms with Gasteiger partial charge < -0.3 is 30.7 Å². The van der Waals surface area contributed by atoms with Crippen LogP contribution in [0.1, 0.15) is 90.5 Å². The molecule has 0 bridgehead atoms. The molecule has 0 radical (unpaired) electrons. The van der Waals surface area contributed by atoms with Gasteiger partial charge in [0, 0.05) is 12.1 Å². The first-order valence-electron chi connectivity index (χ1n) is 13.6. The number of benzene rings is 1. The molecule has 1 rings (SSSR count). The van der Waals surface area contributed by atoms with Gasteiger partial charge in [0.1, 0.15) is 17.7 Å². The first-order chi connectivity index (χ1) is 18.4. The van der Waals surface area contributed by atoms with Gasteiger partial charge in [0.05, 0.1) is 19.4 Å². The van der Waals surface area contributed by atoms with Crippen molar-refractivity contribution in [2.45, 2.75) is 105 Å². The van der Waals surface area contributed by atoms with Gasteiger partial charge in [0.2, 0.25) is 17.7 Å². The molecule has 4 N–H and O–H groups in total. The van der Waals surface area contributed by atoms with Crippen molar-refractivity contribution in [3.8, 4) is 0 Å². The third-order valence-electron chi connectivity index (χ3n) is 6.53. The van der Waals surface area contributed by atoms with E-state index in [4.69, 9.17) is 15.2 Å². The number of nitrogens with one attached hydrogen (secondary N) is 2. The Morgan fingerprint density at radius 1 is 1.02 bits per heavy atom. The Kier molecular flexibility index (Phi) is 12.6. The number of hydrogen-bond donors (Lipinski definition) is 3. The summed E-state index contributed by atoms with van der Waals surface area (Å²) in [6.45, 7) is 16.1. The number of rotatable bonds is 13. The highest BCUT2D eigenvalue weighted by molar-refractivity contribution is 5.95. The van der Waals surface area contributed by atoms with E-state index in [1.807, 2.05) is 26.8 Å². The fourth-order valence-electron chi connectivity index (χ4n) is 4.05. The molecular formula is C29H46N4O7. The zero-order valence-electron chi connectivity index (χ0n) is 25.3. The number of carbonyl (C=O) groups is 5. The lowest BCUT2D eigenvalue weighted by Gasteiger charge is -2.45. The Morgan fingerprint density at radius 2 is 1.65 bits per heavy atom.